The number of carbonyl (C=O) groups is 1. The summed E-state index contributed by atoms with van der Waals surface area (Å²) in [6.45, 7) is 2.61. The molecule has 2 N–H and O–H groups in total. The second-order valence-electron chi connectivity index (χ2n) is 4.02. The summed E-state index contributed by atoms with van der Waals surface area (Å²) in [7, 11) is 0. The predicted molar refractivity (Wildman–Crippen MR) is 77.0 cm³/mol. The molecule has 0 bridgehead atoms. The van der Waals surface area contributed by atoms with Gasteiger partial charge >= 0.3 is 5.97 Å². The maximum Gasteiger partial charge on any atom is 0.350 e. The molecule has 106 valence electrons. The number of esters is 1. The molecule has 2 rings (SSSR count). The minimum absolute atomic E-state index is 0.197. The molecule has 0 unspecified atom stereocenters. The maximum absolute atomic E-state index is 11.9. The molecule has 0 amide bonds. The van der Waals surface area contributed by atoms with Crippen LogP contribution in [0.1, 0.15) is 20.4 Å². The number of aromatic nitrogens is 1. The zero-order valence-corrected chi connectivity index (χ0v) is 12.0. The van der Waals surface area contributed by atoms with Crippen LogP contribution in [0, 0.1) is 6.92 Å². The lowest BCUT2D eigenvalue weighted by molar-refractivity contribution is 0.0455. The molecule has 0 radical (unpaired) electrons. The van der Waals surface area contributed by atoms with Crippen LogP contribution in [-0.2, 0) is 11.3 Å². The quantitative estimate of drug-likeness (QED) is 0.652. The summed E-state index contributed by atoms with van der Waals surface area (Å²) < 4.78 is 10.6. The van der Waals surface area contributed by atoms with E-state index in [1.807, 2.05) is 30.3 Å². The van der Waals surface area contributed by atoms with E-state index < -0.39 is 0 Å². The molecule has 6 heteroatoms. The van der Waals surface area contributed by atoms with Gasteiger partial charge in [-0.05, 0) is 19.1 Å². The molecule has 0 aliphatic carbocycles. The van der Waals surface area contributed by atoms with E-state index in [9.17, 15) is 4.79 Å². The van der Waals surface area contributed by atoms with Gasteiger partial charge in [-0.2, -0.15) is 0 Å². The summed E-state index contributed by atoms with van der Waals surface area (Å²) in [6.07, 6.45) is 0. The van der Waals surface area contributed by atoms with E-state index in [0.29, 0.717) is 23.7 Å². The van der Waals surface area contributed by atoms with E-state index in [2.05, 4.69) is 4.98 Å². The normalized spacial score (nSPS) is 10.3. The van der Waals surface area contributed by atoms with Gasteiger partial charge in [-0.3, -0.25) is 0 Å². The van der Waals surface area contributed by atoms with Gasteiger partial charge in [0.05, 0.1) is 5.69 Å². The summed E-state index contributed by atoms with van der Waals surface area (Å²) in [4.78, 5) is 16.6. The fraction of sp³-hybridized carbons (Fsp3) is 0.286. The van der Waals surface area contributed by atoms with Gasteiger partial charge in [0.15, 0.2) is 0 Å². The van der Waals surface area contributed by atoms with Gasteiger partial charge in [0.25, 0.3) is 0 Å². The molecule has 0 aliphatic rings. The van der Waals surface area contributed by atoms with Crippen LogP contribution >= 0.6 is 11.3 Å². The van der Waals surface area contributed by atoms with Crippen molar-refractivity contribution < 1.29 is 14.3 Å². The number of nitrogens with two attached hydrogens (primary N) is 1. The van der Waals surface area contributed by atoms with Crippen LogP contribution in [0.3, 0.4) is 0 Å². The second-order valence-corrected chi connectivity index (χ2v) is 5.11. The predicted octanol–water partition coefficient (Wildman–Crippen LogP) is 2.15. The van der Waals surface area contributed by atoms with Crippen LogP contribution in [-0.4, -0.2) is 24.2 Å². The van der Waals surface area contributed by atoms with Crippen LogP contribution in [0.15, 0.2) is 30.3 Å². The van der Waals surface area contributed by atoms with Crippen molar-refractivity contribution >= 4 is 17.3 Å². The minimum Gasteiger partial charge on any atom is -0.490 e. The molecule has 0 atom stereocenters. The Balaban J connectivity index is 1.79. The van der Waals surface area contributed by atoms with Gasteiger partial charge < -0.3 is 15.2 Å². The Hall–Kier alpha value is -1.92. The third kappa shape index (κ3) is 3.79. The molecule has 1 aromatic carbocycles. The highest BCUT2D eigenvalue weighted by atomic mass is 32.1. The number of carbonyl (C=O) groups excluding carboxylic acids is 1. The van der Waals surface area contributed by atoms with Gasteiger partial charge in [0.2, 0.25) is 0 Å². The number of nitrogens with zero attached hydrogens (tertiary/aromatic N) is 1. The third-order valence-electron chi connectivity index (χ3n) is 2.53. The highest BCUT2D eigenvalue weighted by Gasteiger charge is 2.15. The van der Waals surface area contributed by atoms with Crippen molar-refractivity contribution in [1.82, 2.24) is 4.98 Å². The molecular weight excluding hydrogens is 276 g/mol. The summed E-state index contributed by atoms with van der Waals surface area (Å²) >= 11 is 1.27. The van der Waals surface area contributed by atoms with Crippen molar-refractivity contribution in [2.24, 2.45) is 5.73 Å². The summed E-state index contributed by atoms with van der Waals surface area (Å²) in [5.74, 6) is 0.374. The van der Waals surface area contributed by atoms with Crippen molar-refractivity contribution in [3.05, 3.63) is 45.9 Å². The molecule has 1 aromatic heterocycles. The van der Waals surface area contributed by atoms with E-state index in [1.165, 1.54) is 11.3 Å². The molecule has 5 nitrogen and oxygen atoms in total. The molecule has 0 spiro atoms. The number of hydrogen-bond acceptors (Lipinski definition) is 6. The largest absolute Gasteiger partial charge is 0.490 e. The first-order valence-corrected chi connectivity index (χ1v) is 7.03. The third-order valence-corrected chi connectivity index (χ3v) is 3.69. The van der Waals surface area contributed by atoms with E-state index in [0.717, 1.165) is 10.8 Å². The zero-order chi connectivity index (χ0) is 14.4. The first-order chi connectivity index (χ1) is 9.70. The van der Waals surface area contributed by atoms with Gasteiger partial charge in [0.1, 0.15) is 28.8 Å². The Labute approximate surface area is 121 Å². The number of benzene rings is 1. The molecule has 0 aliphatic heterocycles. The van der Waals surface area contributed by atoms with Crippen molar-refractivity contribution in [1.29, 1.82) is 0 Å². The van der Waals surface area contributed by atoms with Crippen LogP contribution in [0.25, 0.3) is 0 Å². The highest BCUT2D eigenvalue weighted by molar-refractivity contribution is 7.13. The number of hydrogen-bond donors (Lipinski definition) is 1. The number of para-hydroxylation sites is 1. The SMILES string of the molecule is Cc1nc(CN)sc1C(=O)OCCOc1ccccc1. The zero-order valence-electron chi connectivity index (χ0n) is 11.2. The second kappa shape index (κ2) is 7.02. The molecule has 0 saturated carbocycles. The standard InChI is InChI=1S/C14H16N2O3S/c1-10-13(20-12(9-15)16-10)14(17)19-8-7-18-11-5-3-2-4-6-11/h2-6H,7-9,15H2,1H3. The lowest BCUT2D eigenvalue weighted by Gasteiger charge is -2.06. The fourth-order valence-electron chi connectivity index (χ4n) is 1.61. The molecule has 2 aromatic rings. The summed E-state index contributed by atoms with van der Waals surface area (Å²) in [5.41, 5.74) is 6.15. The fourth-order valence-corrected chi connectivity index (χ4v) is 2.44. The topological polar surface area (TPSA) is 74.4 Å². The highest BCUT2D eigenvalue weighted by Crippen LogP contribution is 2.18. The number of thiazole rings is 1. The van der Waals surface area contributed by atoms with Gasteiger partial charge in [-0.15, -0.1) is 11.3 Å². The lowest BCUT2D eigenvalue weighted by atomic mass is 10.3. The lowest BCUT2D eigenvalue weighted by Crippen LogP contribution is -2.12. The monoisotopic (exact) mass is 292 g/mol. The van der Waals surface area contributed by atoms with E-state index >= 15 is 0 Å². The smallest absolute Gasteiger partial charge is 0.350 e. The van der Waals surface area contributed by atoms with Crippen LogP contribution in [0.4, 0.5) is 0 Å². The summed E-state index contributed by atoms with van der Waals surface area (Å²) in [6, 6.07) is 9.38. The number of ether oxygens (including phenoxy) is 2. The van der Waals surface area contributed by atoms with Gasteiger partial charge in [-0.1, -0.05) is 18.2 Å². The first-order valence-electron chi connectivity index (χ1n) is 6.22. The van der Waals surface area contributed by atoms with Crippen molar-refractivity contribution in [2.45, 2.75) is 13.5 Å². The van der Waals surface area contributed by atoms with Crippen LogP contribution < -0.4 is 10.5 Å². The summed E-state index contributed by atoms with van der Waals surface area (Å²) in [5, 5.41) is 0.731. The Morgan fingerprint density at radius 2 is 2.05 bits per heavy atom. The van der Waals surface area contributed by atoms with Crippen LogP contribution in [0.5, 0.6) is 5.75 Å². The molecule has 0 fully saturated rings. The van der Waals surface area contributed by atoms with E-state index in [1.54, 1.807) is 6.92 Å². The van der Waals surface area contributed by atoms with Gasteiger partial charge in [0, 0.05) is 6.54 Å². The molecule has 1 heterocycles. The Morgan fingerprint density at radius 1 is 1.30 bits per heavy atom. The van der Waals surface area contributed by atoms with Crippen molar-refractivity contribution in [2.75, 3.05) is 13.2 Å². The van der Waals surface area contributed by atoms with Crippen molar-refractivity contribution in [3.8, 4) is 5.75 Å². The van der Waals surface area contributed by atoms with E-state index in [-0.39, 0.29) is 12.6 Å². The Kier molecular flexibility index (Phi) is 5.09. The van der Waals surface area contributed by atoms with Crippen LogP contribution in [0.2, 0.25) is 0 Å². The molecular formula is C14H16N2O3S. The minimum atomic E-state index is -0.378. The maximum atomic E-state index is 11.9. The number of rotatable bonds is 6. The average Bonchev–Trinajstić information content (AvgIpc) is 2.86. The Morgan fingerprint density at radius 3 is 2.70 bits per heavy atom. The molecule has 0 saturated heterocycles. The van der Waals surface area contributed by atoms with E-state index in [4.69, 9.17) is 15.2 Å². The van der Waals surface area contributed by atoms with Crippen molar-refractivity contribution in [3.63, 3.8) is 0 Å². The number of aryl methyl sites for hydroxylation is 1. The first kappa shape index (κ1) is 14.5. The van der Waals surface area contributed by atoms with Gasteiger partial charge in [-0.25, -0.2) is 9.78 Å². The average molecular weight is 292 g/mol. The molecule has 20 heavy (non-hydrogen) atoms. The Bertz CT molecular complexity index is 569.